The molecule has 16 heavy (non-hydrogen) atoms. The number of hydrogen-bond donors (Lipinski definition) is 0. The van der Waals surface area contributed by atoms with Crippen molar-refractivity contribution in [1.82, 2.24) is 14.3 Å². The van der Waals surface area contributed by atoms with Crippen molar-refractivity contribution in [3.8, 4) is 5.69 Å². The molecule has 0 aliphatic carbocycles. The molecule has 5 heteroatoms. The molecule has 0 bridgehead atoms. The fourth-order valence-electron chi connectivity index (χ4n) is 1.48. The molecule has 2 rings (SSSR count). The molecule has 1 aromatic carbocycles. The van der Waals surface area contributed by atoms with Crippen LogP contribution >= 0.6 is 11.6 Å². The molecule has 0 saturated heterocycles. The number of benzene rings is 1. The lowest BCUT2D eigenvalue weighted by Crippen LogP contribution is -2.23. The Bertz CT molecular complexity index is 527. The van der Waals surface area contributed by atoms with Gasteiger partial charge in [-0.15, -0.1) is 0 Å². The molecule has 0 aliphatic heterocycles. The van der Waals surface area contributed by atoms with Gasteiger partial charge in [-0.05, 0) is 30.7 Å². The van der Waals surface area contributed by atoms with Crippen molar-refractivity contribution in [2.24, 2.45) is 0 Å². The third-order valence-corrected chi connectivity index (χ3v) is 2.53. The molecule has 0 atom stereocenters. The van der Waals surface area contributed by atoms with E-state index in [0.717, 1.165) is 12.1 Å². The van der Waals surface area contributed by atoms with Gasteiger partial charge in [0.2, 0.25) is 0 Å². The van der Waals surface area contributed by atoms with Crippen LogP contribution in [0.3, 0.4) is 0 Å². The molecule has 0 spiro atoms. The molecule has 84 valence electrons. The van der Waals surface area contributed by atoms with Crippen LogP contribution < -0.4 is 5.69 Å². The molecule has 0 saturated carbocycles. The van der Waals surface area contributed by atoms with Crippen molar-refractivity contribution in [3.63, 3.8) is 0 Å². The van der Waals surface area contributed by atoms with Crippen LogP contribution in [-0.4, -0.2) is 14.3 Å². The lowest BCUT2D eigenvalue weighted by atomic mass is 10.3. The van der Waals surface area contributed by atoms with E-state index in [0.29, 0.717) is 11.6 Å². The van der Waals surface area contributed by atoms with E-state index < -0.39 is 0 Å². The number of aromatic nitrogens is 3. The van der Waals surface area contributed by atoms with Gasteiger partial charge < -0.3 is 0 Å². The summed E-state index contributed by atoms with van der Waals surface area (Å²) in [5, 5.41) is 4.69. The minimum atomic E-state index is -0.121. The zero-order chi connectivity index (χ0) is 11.5. The lowest BCUT2D eigenvalue weighted by Gasteiger charge is -1.99. The Morgan fingerprint density at radius 1 is 1.31 bits per heavy atom. The Labute approximate surface area is 98.1 Å². The highest BCUT2D eigenvalue weighted by molar-refractivity contribution is 6.30. The molecule has 0 unspecified atom stereocenters. The zero-order valence-corrected chi connectivity index (χ0v) is 9.68. The van der Waals surface area contributed by atoms with Gasteiger partial charge in [0.25, 0.3) is 0 Å². The van der Waals surface area contributed by atoms with Crippen molar-refractivity contribution >= 4 is 11.6 Å². The highest BCUT2D eigenvalue weighted by atomic mass is 35.5. The van der Waals surface area contributed by atoms with Crippen molar-refractivity contribution in [2.45, 2.75) is 19.9 Å². The van der Waals surface area contributed by atoms with E-state index in [1.165, 1.54) is 15.6 Å². The van der Waals surface area contributed by atoms with Crippen LogP contribution in [0.15, 0.2) is 35.4 Å². The minimum Gasteiger partial charge on any atom is -0.250 e. The first-order chi connectivity index (χ1) is 7.72. The van der Waals surface area contributed by atoms with E-state index in [1.54, 1.807) is 24.3 Å². The fourth-order valence-corrected chi connectivity index (χ4v) is 1.61. The van der Waals surface area contributed by atoms with Gasteiger partial charge in [0.15, 0.2) is 0 Å². The maximum atomic E-state index is 11.9. The van der Waals surface area contributed by atoms with Gasteiger partial charge in [0.1, 0.15) is 6.33 Å². The Balaban J connectivity index is 2.41. The average Bonchev–Trinajstić information content (AvgIpc) is 2.63. The Morgan fingerprint density at radius 3 is 2.62 bits per heavy atom. The molecule has 0 aliphatic rings. The summed E-state index contributed by atoms with van der Waals surface area (Å²) in [5.41, 5.74) is 0.654. The molecule has 0 amide bonds. The first kappa shape index (κ1) is 11.0. The fraction of sp³-hybridized carbons (Fsp3) is 0.273. The van der Waals surface area contributed by atoms with E-state index in [-0.39, 0.29) is 5.69 Å². The van der Waals surface area contributed by atoms with E-state index in [4.69, 9.17) is 11.6 Å². The summed E-state index contributed by atoms with van der Waals surface area (Å²) in [5.74, 6) is 0. The summed E-state index contributed by atoms with van der Waals surface area (Å²) in [6.07, 6.45) is 2.42. The van der Waals surface area contributed by atoms with E-state index >= 15 is 0 Å². The quantitative estimate of drug-likeness (QED) is 0.820. The van der Waals surface area contributed by atoms with E-state index in [9.17, 15) is 4.79 Å². The second-order valence-electron chi connectivity index (χ2n) is 3.48. The van der Waals surface area contributed by atoms with Gasteiger partial charge in [-0.2, -0.15) is 5.10 Å². The third kappa shape index (κ3) is 2.02. The van der Waals surface area contributed by atoms with Gasteiger partial charge in [-0.3, -0.25) is 0 Å². The first-order valence-electron chi connectivity index (χ1n) is 5.13. The van der Waals surface area contributed by atoms with Gasteiger partial charge in [-0.25, -0.2) is 14.0 Å². The largest absolute Gasteiger partial charge is 0.350 e. The van der Waals surface area contributed by atoms with Crippen LogP contribution in [0.1, 0.15) is 13.3 Å². The second-order valence-corrected chi connectivity index (χ2v) is 3.92. The van der Waals surface area contributed by atoms with E-state index in [2.05, 4.69) is 5.10 Å². The second kappa shape index (κ2) is 4.53. The molecular weight excluding hydrogens is 226 g/mol. The van der Waals surface area contributed by atoms with Crippen LogP contribution in [0.2, 0.25) is 5.02 Å². The maximum Gasteiger partial charge on any atom is 0.350 e. The maximum absolute atomic E-state index is 11.9. The third-order valence-electron chi connectivity index (χ3n) is 2.27. The van der Waals surface area contributed by atoms with Gasteiger partial charge in [0, 0.05) is 11.6 Å². The highest BCUT2D eigenvalue weighted by Crippen LogP contribution is 2.11. The molecule has 0 N–H and O–H groups in total. The van der Waals surface area contributed by atoms with E-state index in [1.807, 2.05) is 6.92 Å². The van der Waals surface area contributed by atoms with Crippen LogP contribution in [0.4, 0.5) is 0 Å². The molecule has 4 nitrogen and oxygen atoms in total. The standard InChI is InChI=1S/C11H12ClN3O/c1-2-7-15-11(16)14(8-13-15)10-5-3-9(12)4-6-10/h3-6,8H,2,7H2,1H3. The van der Waals surface area contributed by atoms with Crippen LogP contribution in [0, 0.1) is 0 Å². The number of aryl methyl sites for hydroxylation is 1. The Kier molecular flexibility index (Phi) is 3.10. The SMILES string of the molecule is CCCn1ncn(-c2ccc(Cl)cc2)c1=O. The van der Waals surface area contributed by atoms with Crippen molar-refractivity contribution in [3.05, 3.63) is 46.1 Å². The lowest BCUT2D eigenvalue weighted by molar-refractivity contribution is 0.578. The van der Waals surface area contributed by atoms with Gasteiger partial charge in [0.05, 0.1) is 5.69 Å². The Hall–Kier alpha value is -1.55. The molecule has 2 aromatic rings. The number of halogens is 1. The summed E-state index contributed by atoms with van der Waals surface area (Å²) in [7, 11) is 0. The van der Waals surface area contributed by atoms with Gasteiger partial charge in [-0.1, -0.05) is 18.5 Å². The number of rotatable bonds is 3. The van der Waals surface area contributed by atoms with Crippen molar-refractivity contribution in [1.29, 1.82) is 0 Å². The smallest absolute Gasteiger partial charge is 0.250 e. The number of nitrogens with zero attached hydrogens (tertiary/aromatic N) is 3. The Morgan fingerprint density at radius 2 is 2.00 bits per heavy atom. The zero-order valence-electron chi connectivity index (χ0n) is 8.93. The summed E-state index contributed by atoms with van der Waals surface area (Å²) in [4.78, 5) is 11.9. The predicted octanol–water partition coefficient (Wildman–Crippen LogP) is 2.10. The molecule has 0 fully saturated rings. The highest BCUT2D eigenvalue weighted by Gasteiger charge is 2.05. The number of hydrogen-bond acceptors (Lipinski definition) is 2. The normalized spacial score (nSPS) is 10.6. The molecular formula is C11H12ClN3O. The van der Waals surface area contributed by atoms with Crippen LogP contribution in [0.5, 0.6) is 0 Å². The molecule has 1 aromatic heterocycles. The van der Waals surface area contributed by atoms with Crippen LogP contribution in [-0.2, 0) is 6.54 Å². The monoisotopic (exact) mass is 237 g/mol. The van der Waals surface area contributed by atoms with Crippen LogP contribution in [0.25, 0.3) is 5.69 Å². The summed E-state index contributed by atoms with van der Waals surface area (Å²) in [6, 6.07) is 7.09. The average molecular weight is 238 g/mol. The summed E-state index contributed by atoms with van der Waals surface area (Å²) in [6.45, 7) is 2.65. The first-order valence-corrected chi connectivity index (χ1v) is 5.50. The predicted molar refractivity (Wildman–Crippen MR) is 63.1 cm³/mol. The summed E-state index contributed by atoms with van der Waals surface area (Å²) >= 11 is 5.79. The molecule has 1 heterocycles. The van der Waals surface area contributed by atoms with Crippen molar-refractivity contribution < 1.29 is 0 Å². The van der Waals surface area contributed by atoms with Gasteiger partial charge >= 0.3 is 5.69 Å². The minimum absolute atomic E-state index is 0.121. The topological polar surface area (TPSA) is 39.8 Å². The summed E-state index contributed by atoms with van der Waals surface area (Å²) < 4.78 is 2.96. The van der Waals surface area contributed by atoms with Crippen molar-refractivity contribution in [2.75, 3.05) is 0 Å². The molecule has 0 radical (unpaired) electrons.